The van der Waals surface area contributed by atoms with Gasteiger partial charge in [0.25, 0.3) is 0 Å². The third-order valence-electron chi connectivity index (χ3n) is 2.23. The molecule has 0 aromatic rings. The molecule has 0 saturated heterocycles. The highest BCUT2D eigenvalue weighted by atomic mass is 14.2. The minimum Gasteiger partial charge on any atom is -0.0771 e. The van der Waals surface area contributed by atoms with E-state index in [0.717, 1.165) is 0 Å². The van der Waals surface area contributed by atoms with Crippen LogP contribution in [0.3, 0.4) is 0 Å². The van der Waals surface area contributed by atoms with Crippen molar-refractivity contribution < 1.29 is 0 Å². The molecule has 12 heavy (non-hydrogen) atoms. The molecular weight excluding hydrogens is 144 g/mol. The Kier molecular flexibility index (Phi) is 2.56. The lowest BCUT2D eigenvalue weighted by Crippen LogP contribution is -2.16. The van der Waals surface area contributed by atoms with Crippen LogP contribution in [0, 0.1) is 11.3 Å². The van der Waals surface area contributed by atoms with E-state index >= 15 is 0 Å². The third kappa shape index (κ3) is 2.37. The topological polar surface area (TPSA) is 0 Å². The minimum absolute atomic E-state index is 0.337. The van der Waals surface area contributed by atoms with Crippen molar-refractivity contribution in [2.24, 2.45) is 11.3 Å². The van der Waals surface area contributed by atoms with Gasteiger partial charge in [0.15, 0.2) is 0 Å². The molecule has 1 unspecified atom stereocenters. The van der Waals surface area contributed by atoms with Crippen LogP contribution in [0.1, 0.15) is 27.7 Å². The van der Waals surface area contributed by atoms with Crippen molar-refractivity contribution in [2.45, 2.75) is 27.7 Å². The van der Waals surface area contributed by atoms with Crippen LogP contribution in [-0.2, 0) is 0 Å². The van der Waals surface area contributed by atoms with E-state index < -0.39 is 0 Å². The normalized spacial score (nSPS) is 23.7. The molecule has 1 aliphatic rings. The monoisotopic (exact) mass is 162 g/mol. The summed E-state index contributed by atoms with van der Waals surface area (Å²) in [5, 5.41) is 0. The van der Waals surface area contributed by atoms with Crippen LogP contribution in [0.25, 0.3) is 0 Å². The molecule has 0 aliphatic heterocycles. The van der Waals surface area contributed by atoms with Gasteiger partial charge in [0.05, 0.1) is 0 Å². The van der Waals surface area contributed by atoms with Gasteiger partial charge in [0.2, 0.25) is 0 Å². The molecule has 1 aliphatic carbocycles. The van der Waals surface area contributed by atoms with Crippen molar-refractivity contribution in [2.75, 3.05) is 0 Å². The Morgan fingerprint density at radius 2 is 1.83 bits per heavy atom. The molecule has 0 bridgehead atoms. The molecule has 0 aromatic carbocycles. The molecule has 0 saturated carbocycles. The van der Waals surface area contributed by atoms with Crippen LogP contribution in [0.4, 0.5) is 0 Å². The van der Waals surface area contributed by atoms with Gasteiger partial charge in [-0.1, -0.05) is 56.7 Å². The molecule has 0 spiro atoms. The summed E-state index contributed by atoms with van der Waals surface area (Å²) in [6.45, 7) is 8.98. The Labute approximate surface area is 75.7 Å². The Morgan fingerprint density at radius 3 is 2.42 bits per heavy atom. The van der Waals surface area contributed by atoms with Crippen molar-refractivity contribution in [3.8, 4) is 0 Å². The van der Waals surface area contributed by atoms with E-state index in [2.05, 4.69) is 58.1 Å². The molecule has 0 aromatic heterocycles. The quantitative estimate of drug-likeness (QED) is 0.509. The van der Waals surface area contributed by atoms with Gasteiger partial charge in [-0.25, -0.2) is 0 Å². The summed E-state index contributed by atoms with van der Waals surface area (Å²) in [6.07, 6.45) is 11.0. The molecule has 0 heteroatoms. The summed E-state index contributed by atoms with van der Waals surface area (Å²) in [4.78, 5) is 0. The molecule has 1 atom stereocenters. The predicted molar refractivity (Wildman–Crippen MR) is 55.0 cm³/mol. The molecule has 0 nitrogen and oxygen atoms in total. The number of hydrogen-bond donors (Lipinski definition) is 0. The van der Waals surface area contributed by atoms with Gasteiger partial charge >= 0.3 is 0 Å². The third-order valence-corrected chi connectivity index (χ3v) is 2.23. The first kappa shape index (κ1) is 9.31. The molecule has 0 N–H and O–H groups in total. The van der Waals surface area contributed by atoms with Gasteiger partial charge in [0.1, 0.15) is 0 Å². The zero-order valence-electron chi connectivity index (χ0n) is 8.46. The van der Waals surface area contributed by atoms with Crippen LogP contribution in [0.15, 0.2) is 36.0 Å². The van der Waals surface area contributed by atoms with Crippen LogP contribution in [0.5, 0.6) is 0 Å². The highest BCUT2D eigenvalue weighted by Gasteiger charge is 2.19. The maximum absolute atomic E-state index is 2.33. The van der Waals surface area contributed by atoms with Gasteiger partial charge in [-0.3, -0.25) is 0 Å². The average molecular weight is 162 g/mol. The first-order valence-electron chi connectivity index (χ1n) is 4.53. The second-order valence-corrected chi connectivity index (χ2v) is 4.55. The lowest BCUT2D eigenvalue weighted by molar-refractivity contribution is 0.343. The average Bonchev–Trinajstić information content (AvgIpc) is 2.11. The van der Waals surface area contributed by atoms with E-state index in [0.29, 0.717) is 11.3 Å². The van der Waals surface area contributed by atoms with E-state index in [-0.39, 0.29) is 0 Å². The van der Waals surface area contributed by atoms with Crippen LogP contribution in [0.2, 0.25) is 0 Å². The van der Waals surface area contributed by atoms with E-state index in [1.165, 1.54) is 5.57 Å². The van der Waals surface area contributed by atoms with Crippen molar-refractivity contribution in [1.82, 2.24) is 0 Å². The van der Waals surface area contributed by atoms with Crippen LogP contribution < -0.4 is 0 Å². The Balaban J connectivity index is 2.87. The predicted octanol–water partition coefficient (Wildman–Crippen LogP) is 3.72. The largest absolute Gasteiger partial charge is 0.0771 e. The SMILES string of the molecule is CC1=CC(C(C)(C)C)C=CC=C1. The van der Waals surface area contributed by atoms with Crippen molar-refractivity contribution in [1.29, 1.82) is 0 Å². The van der Waals surface area contributed by atoms with Gasteiger partial charge in [-0.2, -0.15) is 0 Å². The summed E-state index contributed by atoms with van der Waals surface area (Å²) in [6, 6.07) is 0. The summed E-state index contributed by atoms with van der Waals surface area (Å²) in [5.41, 5.74) is 1.70. The Bertz CT molecular complexity index is 233. The number of hydrogen-bond acceptors (Lipinski definition) is 0. The fourth-order valence-corrected chi connectivity index (χ4v) is 1.32. The molecule has 66 valence electrons. The van der Waals surface area contributed by atoms with Gasteiger partial charge in [0, 0.05) is 5.92 Å². The number of allylic oxidation sites excluding steroid dienone is 6. The summed E-state index contributed by atoms with van der Waals surface area (Å²) in [7, 11) is 0. The second-order valence-electron chi connectivity index (χ2n) is 4.55. The lowest BCUT2D eigenvalue weighted by Gasteiger charge is -2.25. The summed E-state index contributed by atoms with van der Waals surface area (Å²) in [5.74, 6) is 0.562. The standard InChI is InChI=1S/C12H18/c1-10-7-5-6-8-11(9-10)12(2,3)4/h5-9,11H,1-4H3. The first-order valence-corrected chi connectivity index (χ1v) is 4.53. The Morgan fingerprint density at radius 1 is 1.17 bits per heavy atom. The van der Waals surface area contributed by atoms with Crippen molar-refractivity contribution in [3.63, 3.8) is 0 Å². The second kappa shape index (κ2) is 3.30. The summed E-state index contributed by atoms with van der Waals surface area (Å²) < 4.78 is 0. The van der Waals surface area contributed by atoms with E-state index in [1.54, 1.807) is 0 Å². The van der Waals surface area contributed by atoms with Gasteiger partial charge in [-0.15, -0.1) is 0 Å². The molecule has 0 amide bonds. The van der Waals surface area contributed by atoms with Crippen LogP contribution >= 0.6 is 0 Å². The molecule has 0 radical (unpaired) electrons. The zero-order valence-corrected chi connectivity index (χ0v) is 8.46. The van der Waals surface area contributed by atoms with Crippen molar-refractivity contribution >= 4 is 0 Å². The van der Waals surface area contributed by atoms with E-state index in [4.69, 9.17) is 0 Å². The highest BCUT2D eigenvalue weighted by molar-refractivity contribution is 5.27. The molecule has 1 rings (SSSR count). The molecule has 0 heterocycles. The molecule has 0 fully saturated rings. The first-order chi connectivity index (χ1) is 5.50. The van der Waals surface area contributed by atoms with E-state index in [9.17, 15) is 0 Å². The van der Waals surface area contributed by atoms with Gasteiger partial charge in [-0.05, 0) is 12.3 Å². The smallest absolute Gasteiger partial charge is 0.000396 e. The maximum atomic E-state index is 2.33. The zero-order chi connectivity index (χ0) is 9.19. The van der Waals surface area contributed by atoms with Crippen molar-refractivity contribution in [3.05, 3.63) is 36.0 Å². The fourth-order valence-electron chi connectivity index (χ4n) is 1.32. The number of rotatable bonds is 0. The van der Waals surface area contributed by atoms with Gasteiger partial charge < -0.3 is 0 Å². The minimum atomic E-state index is 0.337. The Hall–Kier alpha value is -0.780. The fraction of sp³-hybridized carbons (Fsp3) is 0.500. The highest BCUT2D eigenvalue weighted by Crippen LogP contribution is 2.30. The molecular formula is C12H18. The van der Waals surface area contributed by atoms with E-state index in [1.807, 2.05) is 0 Å². The van der Waals surface area contributed by atoms with Crippen LogP contribution in [-0.4, -0.2) is 0 Å². The summed E-state index contributed by atoms with van der Waals surface area (Å²) >= 11 is 0. The maximum Gasteiger partial charge on any atom is 0.000396 e. The lowest BCUT2D eigenvalue weighted by atomic mass is 9.80.